The summed E-state index contributed by atoms with van der Waals surface area (Å²) < 4.78 is 5.73. The number of hydrazine groups is 1. The molecule has 18 heavy (non-hydrogen) atoms. The summed E-state index contributed by atoms with van der Waals surface area (Å²) in [6.45, 7) is 0. The Bertz CT molecular complexity index is 421. The molecule has 1 heterocycles. The van der Waals surface area contributed by atoms with Gasteiger partial charge in [0.05, 0.1) is 16.7 Å². The highest BCUT2D eigenvalue weighted by Crippen LogP contribution is 2.43. The number of methoxy groups -OCH3 is 1. The van der Waals surface area contributed by atoms with Crippen molar-refractivity contribution in [3.8, 4) is 0 Å². The normalized spacial score (nSPS) is 19.9. The Morgan fingerprint density at radius 2 is 2.17 bits per heavy atom. The van der Waals surface area contributed by atoms with E-state index in [4.69, 9.17) is 27.9 Å². The summed E-state index contributed by atoms with van der Waals surface area (Å²) in [6, 6.07) is 1.60. The highest BCUT2D eigenvalue weighted by Gasteiger charge is 2.43. The van der Waals surface area contributed by atoms with Crippen molar-refractivity contribution < 1.29 is 4.74 Å². The van der Waals surface area contributed by atoms with Crippen molar-refractivity contribution in [2.75, 3.05) is 12.8 Å². The number of hydrogen-bond donors (Lipinski definition) is 3. The molecule has 1 fully saturated rings. The molecule has 6 heteroatoms. The zero-order chi connectivity index (χ0) is 13.2. The fraction of sp³-hybridized carbons (Fsp3) is 0.583. The molecule has 1 aromatic rings. The van der Waals surface area contributed by atoms with Crippen molar-refractivity contribution in [1.29, 1.82) is 0 Å². The molecule has 1 aliphatic carbocycles. The molecule has 1 aliphatic rings. The minimum absolute atomic E-state index is 0.198. The maximum atomic E-state index is 5.99. The first-order chi connectivity index (χ1) is 8.63. The van der Waals surface area contributed by atoms with Gasteiger partial charge in [-0.2, -0.15) is 0 Å². The van der Waals surface area contributed by atoms with Gasteiger partial charge in [-0.3, -0.25) is 5.84 Å². The lowest BCUT2D eigenvalue weighted by Crippen LogP contribution is -2.46. The van der Waals surface area contributed by atoms with Crippen LogP contribution < -0.4 is 17.0 Å². The van der Waals surface area contributed by atoms with Crippen LogP contribution in [0.4, 0.5) is 5.82 Å². The Labute approximate surface area is 112 Å². The smallest absolute Gasteiger partial charge is 0.128 e. The monoisotopic (exact) mass is 270 g/mol. The molecule has 1 aromatic heterocycles. The van der Waals surface area contributed by atoms with Crippen LogP contribution in [-0.2, 0) is 4.74 Å². The van der Waals surface area contributed by atoms with E-state index in [2.05, 4.69) is 10.4 Å². The molecule has 0 amide bonds. The molecule has 1 saturated carbocycles. The van der Waals surface area contributed by atoms with Crippen LogP contribution in [-0.4, -0.2) is 17.7 Å². The minimum atomic E-state index is -0.324. The van der Waals surface area contributed by atoms with E-state index in [0.29, 0.717) is 10.8 Å². The van der Waals surface area contributed by atoms with Crippen LogP contribution >= 0.6 is 11.6 Å². The molecular weight excluding hydrogens is 252 g/mol. The molecule has 0 aromatic carbocycles. The third-order valence-electron chi connectivity index (χ3n) is 3.78. The summed E-state index contributed by atoms with van der Waals surface area (Å²) in [5.74, 6) is 6.14. The van der Waals surface area contributed by atoms with E-state index < -0.39 is 0 Å². The SMILES string of the molecule is COC1(C(NN)c2cc(Cl)cnc2N)CCCC1. The summed E-state index contributed by atoms with van der Waals surface area (Å²) in [6.07, 6.45) is 5.68. The quantitative estimate of drug-likeness (QED) is 0.574. The summed E-state index contributed by atoms with van der Waals surface area (Å²) >= 11 is 5.99. The third-order valence-corrected chi connectivity index (χ3v) is 3.98. The van der Waals surface area contributed by atoms with Gasteiger partial charge in [-0.25, -0.2) is 10.4 Å². The number of anilines is 1. The van der Waals surface area contributed by atoms with Crippen LogP contribution in [0, 0.1) is 0 Å². The number of nitrogens with two attached hydrogens (primary N) is 2. The van der Waals surface area contributed by atoms with Gasteiger partial charge in [-0.1, -0.05) is 24.4 Å². The maximum Gasteiger partial charge on any atom is 0.128 e. The summed E-state index contributed by atoms with van der Waals surface area (Å²) in [7, 11) is 1.71. The number of nitrogens with one attached hydrogen (secondary N) is 1. The molecule has 5 N–H and O–H groups in total. The van der Waals surface area contributed by atoms with E-state index in [-0.39, 0.29) is 11.6 Å². The standard InChI is InChI=1S/C12H19ClN4O/c1-18-12(4-2-3-5-12)10(17-15)9-6-8(13)7-16-11(9)14/h6-7,10,17H,2-5,15H2,1H3,(H2,14,16). The number of pyridine rings is 1. The van der Waals surface area contributed by atoms with E-state index in [9.17, 15) is 0 Å². The number of halogens is 1. The lowest BCUT2D eigenvalue weighted by Gasteiger charge is -2.36. The van der Waals surface area contributed by atoms with Gasteiger partial charge in [-0.15, -0.1) is 0 Å². The van der Waals surface area contributed by atoms with Crippen LogP contribution in [0.2, 0.25) is 5.02 Å². The molecule has 0 aliphatic heterocycles. The lowest BCUT2D eigenvalue weighted by molar-refractivity contribution is -0.0367. The largest absolute Gasteiger partial charge is 0.383 e. The van der Waals surface area contributed by atoms with Crippen LogP contribution in [0.25, 0.3) is 0 Å². The van der Waals surface area contributed by atoms with Gasteiger partial charge in [-0.05, 0) is 18.9 Å². The first-order valence-electron chi connectivity index (χ1n) is 6.05. The molecule has 0 bridgehead atoms. The number of rotatable bonds is 4. The van der Waals surface area contributed by atoms with Gasteiger partial charge in [0, 0.05) is 18.9 Å². The summed E-state index contributed by atoms with van der Waals surface area (Å²) in [4.78, 5) is 4.08. The van der Waals surface area contributed by atoms with Gasteiger partial charge in [0.2, 0.25) is 0 Å². The minimum Gasteiger partial charge on any atom is -0.383 e. The fourth-order valence-electron chi connectivity index (χ4n) is 2.81. The lowest BCUT2D eigenvalue weighted by atomic mass is 9.87. The number of hydrogen-bond acceptors (Lipinski definition) is 5. The molecule has 100 valence electrons. The van der Waals surface area contributed by atoms with E-state index in [1.807, 2.05) is 0 Å². The van der Waals surface area contributed by atoms with Crippen molar-refractivity contribution in [3.05, 3.63) is 22.8 Å². The summed E-state index contributed by atoms with van der Waals surface area (Å²) in [5.41, 5.74) is 9.22. The number of ether oxygens (including phenoxy) is 1. The van der Waals surface area contributed by atoms with Gasteiger partial charge in [0.1, 0.15) is 5.82 Å². The zero-order valence-electron chi connectivity index (χ0n) is 10.4. The van der Waals surface area contributed by atoms with Gasteiger partial charge in [0.15, 0.2) is 0 Å². The molecule has 5 nitrogen and oxygen atoms in total. The molecule has 0 spiro atoms. The van der Waals surface area contributed by atoms with Crippen LogP contribution in [0.15, 0.2) is 12.3 Å². The topological polar surface area (TPSA) is 86.2 Å². The first kappa shape index (κ1) is 13.5. The van der Waals surface area contributed by atoms with E-state index in [1.54, 1.807) is 13.2 Å². The predicted molar refractivity (Wildman–Crippen MR) is 71.9 cm³/mol. The Hall–Kier alpha value is -0.880. The highest BCUT2D eigenvalue weighted by molar-refractivity contribution is 6.30. The molecule has 1 atom stereocenters. The van der Waals surface area contributed by atoms with E-state index in [1.165, 1.54) is 6.20 Å². The third kappa shape index (κ3) is 2.31. The number of nitrogens with zero attached hydrogens (tertiary/aromatic N) is 1. The van der Waals surface area contributed by atoms with Crippen LogP contribution in [0.3, 0.4) is 0 Å². The van der Waals surface area contributed by atoms with Gasteiger partial charge in [0.25, 0.3) is 0 Å². The highest BCUT2D eigenvalue weighted by atomic mass is 35.5. The second kappa shape index (κ2) is 5.40. The van der Waals surface area contributed by atoms with Crippen LogP contribution in [0.1, 0.15) is 37.3 Å². The first-order valence-corrected chi connectivity index (χ1v) is 6.43. The fourth-order valence-corrected chi connectivity index (χ4v) is 2.97. The zero-order valence-corrected chi connectivity index (χ0v) is 11.2. The predicted octanol–water partition coefficient (Wildman–Crippen LogP) is 1.78. The van der Waals surface area contributed by atoms with E-state index >= 15 is 0 Å². The molecule has 0 radical (unpaired) electrons. The Morgan fingerprint density at radius 3 is 2.72 bits per heavy atom. The second-order valence-electron chi connectivity index (χ2n) is 4.70. The summed E-state index contributed by atoms with van der Waals surface area (Å²) in [5, 5.41) is 0.545. The average molecular weight is 271 g/mol. The second-order valence-corrected chi connectivity index (χ2v) is 5.14. The number of nitrogen functional groups attached to an aromatic ring is 1. The maximum absolute atomic E-state index is 5.99. The molecule has 2 rings (SSSR count). The van der Waals surface area contributed by atoms with Gasteiger partial charge >= 0.3 is 0 Å². The molecular formula is C12H19ClN4O. The van der Waals surface area contributed by atoms with Crippen LogP contribution in [0.5, 0.6) is 0 Å². The molecule has 0 saturated heterocycles. The van der Waals surface area contributed by atoms with Crippen molar-refractivity contribution in [2.45, 2.75) is 37.3 Å². The number of aromatic nitrogens is 1. The van der Waals surface area contributed by atoms with Crippen molar-refractivity contribution in [1.82, 2.24) is 10.4 Å². The molecule has 1 unspecified atom stereocenters. The Balaban J connectivity index is 2.40. The van der Waals surface area contributed by atoms with Crippen molar-refractivity contribution in [2.24, 2.45) is 5.84 Å². The average Bonchev–Trinajstić information content (AvgIpc) is 2.84. The van der Waals surface area contributed by atoms with E-state index in [0.717, 1.165) is 31.2 Å². The van der Waals surface area contributed by atoms with Gasteiger partial charge < -0.3 is 10.5 Å². The Morgan fingerprint density at radius 1 is 1.50 bits per heavy atom. The van der Waals surface area contributed by atoms with Crippen molar-refractivity contribution >= 4 is 17.4 Å². The van der Waals surface area contributed by atoms with Crippen molar-refractivity contribution in [3.63, 3.8) is 0 Å². The Kier molecular flexibility index (Phi) is 4.07.